The fourth-order valence-electron chi connectivity index (χ4n) is 1.52. The molecule has 1 aromatic carbocycles. The summed E-state index contributed by atoms with van der Waals surface area (Å²) in [5.41, 5.74) is 2.06. The monoisotopic (exact) mass is 238 g/mol. The summed E-state index contributed by atoms with van der Waals surface area (Å²) >= 11 is 0. The minimum Gasteiger partial charge on any atom is -0.348 e. The van der Waals surface area contributed by atoms with E-state index in [1.807, 2.05) is 6.92 Å². The molecule has 0 bridgehead atoms. The highest BCUT2D eigenvalue weighted by Crippen LogP contribution is 2.10. The van der Waals surface area contributed by atoms with Crippen LogP contribution in [0.15, 0.2) is 18.2 Å². The molecule has 0 heterocycles. The SMILES string of the molecule is Cc1cc(F)ccc1CCNCC(=O)N(C)C. The molecule has 0 aliphatic rings. The van der Waals surface area contributed by atoms with Crippen molar-refractivity contribution in [3.63, 3.8) is 0 Å². The van der Waals surface area contributed by atoms with Crippen molar-refractivity contribution < 1.29 is 9.18 Å². The third kappa shape index (κ3) is 4.53. The van der Waals surface area contributed by atoms with Crippen molar-refractivity contribution in [3.05, 3.63) is 35.1 Å². The highest BCUT2D eigenvalue weighted by molar-refractivity contribution is 5.77. The molecular formula is C13H19FN2O. The number of benzene rings is 1. The van der Waals surface area contributed by atoms with E-state index in [9.17, 15) is 9.18 Å². The van der Waals surface area contributed by atoms with Gasteiger partial charge in [0.1, 0.15) is 5.82 Å². The number of carbonyl (C=O) groups is 1. The molecule has 0 fully saturated rings. The number of hydrogen-bond acceptors (Lipinski definition) is 2. The summed E-state index contributed by atoms with van der Waals surface area (Å²) < 4.78 is 12.9. The van der Waals surface area contributed by atoms with Gasteiger partial charge in [-0.15, -0.1) is 0 Å². The lowest BCUT2D eigenvalue weighted by molar-refractivity contribution is -0.127. The molecule has 0 unspecified atom stereocenters. The van der Waals surface area contributed by atoms with Gasteiger partial charge in [-0.1, -0.05) is 6.07 Å². The molecule has 17 heavy (non-hydrogen) atoms. The molecule has 0 saturated carbocycles. The van der Waals surface area contributed by atoms with Crippen LogP contribution >= 0.6 is 0 Å². The van der Waals surface area contributed by atoms with E-state index in [-0.39, 0.29) is 11.7 Å². The lowest BCUT2D eigenvalue weighted by Crippen LogP contribution is -2.33. The van der Waals surface area contributed by atoms with Crippen LogP contribution in [0, 0.1) is 12.7 Å². The fraction of sp³-hybridized carbons (Fsp3) is 0.462. The Morgan fingerprint density at radius 3 is 2.71 bits per heavy atom. The van der Waals surface area contributed by atoms with Crippen molar-refractivity contribution in [2.24, 2.45) is 0 Å². The Bertz CT molecular complexity index is 391. The van der Waals surface area contributed by atoms with Crippen LogP contribution in [0.2, 0.25) is 0 Å². The van der Waals surface area contributed by atoms with Crippen molar-refractivity contribution in [2.75, 3.05) is 27.2 Å². The normalized spacial score (nSPS) is 10.4. The van der Waals surface area contributed by atoms with Crippen molar-refractivity contribution in [1.29, 1.82) is 0 Å². The molecule has 1 amide bonds. The van der Waals surface area contributed by atoms with Crippen LogP contribution < -0.4 is 5.32 Å². The number of carbonyl (C=O) groups excluding carboxylic acids is 1. The number of rotatable bonds is 5. The van der Waals surface area contributed by atoms with Crippen molar-refractivity contribution in [2.45, 2.75) is 13.3 Å². The van der Waals surface area contributed by atoms with Gasteiger partial charge in [-0.3, -0.25) is 4.79 Å². The zero-order valence-corrected chi connectivity index (χ0v) is 10.6. The van der Waals surface area contributed by atoms with E-state index >= 15 is 0 Å². The summed E-state index contributed by atoms with van der Waals surface area (Å²) in [6, 6.07) is 4.79. The maximum absolute atomic E-state index is 12.9. The number of nitrogens with zero attached hydrogens (tertiary/aromatic N) is 1. The Kier molecular flexibility index (Phi) is 5.10. The number of likely N-dealkylation sites (N-methyl/N-ethyl adjacent to an activating group) is 1. The van der Waals surface area contributed by atoms with Crippen LogP contribution in [0.1, 0.15) is 11.1 Å². The predicted octanol–water partition coefficient (Wildman–Crippen LogP) is 1.35. The highest BCUT2D eigenvalue weighted by atomic mass is 19.1. The van der Waals surface area contributed by atoms with E-state index in [2.05, 4.69) is 5.32 Å². The predicted molar refractivity (Wildman–Crippen MR) is 66.4 cm³/mol. The lowest BCUT2D eigenvalue weighted by Gasteiger charge is -2.11. The number of halogens is 1. The standard InChI is InChI=1S/C13H19FN2O/c1-10-8-12(14)5-4-11(10)6-7-15-9-13(17)16(2)3/h4-5,8,15H,6-7,9H2,1-3H3. The largest absolute Gasteiger partial charge is 0.348 e. The van der Waals surface area contributed by atoms with Gasteiger partial charge >= 0.3 is 0 Å². The summed E-state index contributed by atoms with van der Waals surface area (Å²) in [7, 11) is 3.46. The molecule has 0 aliphatic heterocycles. The number of nitrogens with one attached hydrogen (secondary N) is 1. The van der Waals surface area contributed by atoms with Gasteiger partial charge in [-0.25, -0.2) is 4.39 Å². The first-order valence-electron chi connectivity index (χ1n) is 5.66. The van der Waals surface area contributed by atoms with Crippen LogP contribution in [-0.4, -0.2) is 38.0 Å². The first kappa shape index (κ1) is 13.6. The fourth-order valence-corrected chi connectivity index (χ4v) is 1.52. The van der Waals surface area contributed by atoms with E-state index in [4.69, 9.17) is 0 Å². The van der Waals surface area contributed by atoms with Gasteiger partial charge in [0.15, 0.2) is 0 Å². The summed E-state index contributed by atoms with van der Waals surface area (Å²) in [6.45, 7) is 2.95. The molecular weight excluding hydrogens is 219 g/mol. The van der Waals surface area contributed by atoms with Crippen LogP contribution in [-0.2, 0) is 11.2 Å². The van der Waals surface area contributed by atoms with E-state index < -0.39 is 0 Å². The topological polar surface area (TPSA) is 32.3 Å². The molecule has 94 valence electrons. The summed E-state index contributed by atoms with van der Waals surface area (Å²) in [4.78, 5) is 12.8. The Morgan fingerprint density at radius 1 is 1.41 bits per heavy atom. The molecule has 1 aromatic rings. The van der Waals surface area contributed by atoms with Crippen molar-refractivity contribution in [3.8, 4) is 0 Å². The van der Waals surface area contributed by atoms with Crippen LogP contribution in [0.5, 0.6) is 0 Å². The van der Waals surface area contributed by atoms with E-state index in [0.717, 1.165) is 17.5 Å². The molecule has 0 atom stereocenters. The maximum atomic E-state index is 12.9. The second kappa shape index (κ2) is 6.35. The van der Waals surface area contributed by atoms with E-state index in [1.54, 1.807) is 25.1 Å². The summed E-state index contributed by atoms with van der Waals surface area (Å²) in [5, 5.41) is 3.07. The Morgan fingerprint density at radius 2 is 2.12 bits per heavy atom. The van der Waals surface area contributed by atoms with E-state index in [0.29, 0.717) is 13.1 Å². The minimum atomic E-state index is -0.206. The third-order valence-electron chi connectivity index (χ3n) is 2.65. The number of amides is 1. The van der Waals surface area contributed by atoms with Gasteiger partial charge < -0.3 is 10.2 Å². The molecule has 3 nitrogen and oxygen atoms in total. The first-order chi connectivity index (χ1) is 8.00. The average molecular weight is 238 g/mol. The Hall–Kier alpha value is -1.42. The third-order valence-corrected chi connectivity index (χ3v) is 2.65. The second-order valence-electron chi connectivity index (χ2n) is 4.29. The first-order valence-corrected chi connectivity index (χ1v) is 5.66. The lowest BCUT2D eigenvalue weighted by atomic mass is 10.1. The van der Waals surface area contributed by atoms with Gasteiger partial charge in [0, 0.05) is 14.1 Å². The zero-order chi connectivity index (χ0) is 12.8. The van der Waals surface area contributed by atoms with Crippen LogP contribution in [0.3, 0.4) is 0 Å². The molecule has 1 N–H and O–H groups in total. The van der Waals surface area contributed by atoms with Gasteiger partial charge in [-0.05, 0) is 43.1 Å². The quantitative estimate of drug-likeness (QED) is 0.785. The molecule has 4 heteroatoms. The minimum absolute atomic E-state index is 0.0563. The molecule has 0 saturated heterocycles. The van der Waals surface area contributed by atoms with Gasteiger partial charge in [-0.2, -0.15) is 0 Å². The van der Waals surface area contributed by atoms with Crippen molar-refractivity contribution >= 4 is 5.91 Å². The smallest absolute Gasteiger partial charge is 0.236 e. The van der Waals surface area contributed by atoms with Crippen LogP contribution in [0.4, 0.5) is 4.39 Å². The zero-order valence-electron chi connectivity index (χ0n) is 10.6. The molecule has 0 radical (unpaired) electrons. The maximum Gasteiger partial charge on any atom is 0.236 e. The number of aryl methyl sites for hydroxylation is 1. The molecule has 0 aromatic heterocycles. The van der Waals surface area contributed by atoms with Gasteiger partial charge in [0.05, 0.1) is 6.54 Å². The van der Waals surface area contributed by atoms with Gasteiger partial charge in [0.25, 0.3) is 0 Å². The number of hydrogen-bond donors (Lipinski definition) is 1. The Labute approximate surface area is 102 Å². The van der Waals surface area contributed by atoms with Gasteiger partial charge in [0.2, 0.25) is 5.91 Å². The summed E-state index contributed by atoms with van der Waals surface area (Å²) in [5.74, 6) is -0.150. The highest BCUT2D eigenvalue weighted by Gasteiger charge is 2.03. The Balaban J connectivity index is 2.34. The second-order valence-corrected chi connectivity index (χ2v) is 4.29. The molecule has 0 spiro atoms. The average Bonchev–Trinajstić information content (AvgIpc) is 2.26. The summed E-state index contributed by atoms with van der Waals surface area (Å²) in [6.07, 6.45) is 0.798. The van der Waals surface area contributed by atoms with E-state index in [1.165, 1.54) is 12.1 Å². The van der Waals surface area contributed by atoms with Crippen LogP contribution in [0.25, 0.3) is 0 Å². The molecule has 1 rings (SSSR count). The molecule has 0 aliphatic carbocycles. The van der Waals surface area contributed by atoms with Crippen molar-refractivity contribution in [1.82, 2.24) is 10.2 Å².